The normalized spacial score (nSPS) is 11.0. The average molecular weight is 386 g/mol. The fourth-order valence-corrected chi connectivity index (χ4v) is 3.31. The molecule has 0 spiro atoms. The fourth-order valence-electron chi connectivity index (χ4n) is 2.88. The first-order valence-corrected chi connectivity index (χ1v) is 8.12. The summed E-state index contributed by atoms with van der Waals surface area (Å²) in [6.45, 7) is 0. The van der Waals surface area contributed by atoms with Crippen molar-refractivity contribution in [3.63, 3.8) is 0 Å². The van der Waals surface area contributed by atoms with E-state index in [1.54, 1.807) is 24.3 Å². The molecule has 2 aromatic carbocycles. The highest BCUT2D eigenvalue weighted by Crippen LogP contribution is 2.35. The minimum atomic E-state index is -0.742. The average Bonchev–Trinajstić information content (AvgIpc) is 2.62. The summed E-state index contributed by atoms with van der Waals surface area (Å²) in [5, 5.41) is 1.09. The molecule has 0 saturated carbocycles. The molecule has 0 unspecified atom stereocenters. The second-order valence-electron chi connectivity index (χ2n) is 5.44. The van der Waals surface area contributed by atoms with Crippen molar-refractivity contribution in [2.75, 3.05) is 0 Å². The molecule has 0 amide bonds. The van der Waals surface area contributed by atoms with Gasteiger partial charge < -0.3 is 0 Å². The van der Waals surface area contributed by atoms with Crippen LogP contribution in [0.4, 0.5) is 8.78 Å². The molecule has 0 aliphatic rings. The highest BCUT2D eigenvalue weighted by Gasteiger charge is 2.19. The van der Waals surface area contributed by atoms with Gasteiger partial charge in [-0.1, -0.05) is 41.8 Å². The smallest absolute Gasteiger partial charge is 0.224 e. The number of aromatic nitrogens is 3. The van der Waals surface area contributed by atoms with Crippen LogP contribution >= 0.6 is 23.2 Å². The summed E-state index contributed by atoms with van der Waals surface area (Å²) in [6, 6.07) is 7.93. The quantitative estimate of drug-likeness (QED) is 0.249. The Bertz CT molecular complexity index is 1250. The summed E-state index contributed by atoms with van der Waals surface area (Å²) < 4.78 is 29.3. The third kappa shape index (κ3) is 2.47. The highest BCUT2D eigenvalue weighted by molar-refractivity contribution is 6.35. The lowest BCUT2D eigenvalue weighted by atomic mass is 9.96. The second kappa shape index (κ2) is 6.17. The van der Waals surface area contributed by atoms with Gasteiger partial charge in [0.05, 0.1) is 10.9 Å². The Morgan fingerprint density at radius 2 is 1.85 bits per heavy atom. The molecule has 126 valence electrons. The predicted octanol–water partition coefficient (Wildman–Crippen LogP) is 5.41. The minimum absolute atomic E-state index is 0.00812. The number of nitrogens with zero attached hydrogens (tertiary/aromatic N) is 3. The Labute approximate surface area is 156 Å². The van der Waals surface area contributed by atoms with E-state index in [0.29, 0.717) is 16.3 Å². The summed E-state index contributed by atoms with van der Waals surface area (Å²) in [6.07, 6.45) is 6.82. The summed E-state index contributed by atoms with van der Waals surface area (Å²) in [5.74, 6) is 1.02. The number of halogens is 4. The lowest BCUT2D eigenvalue weighted by Gasteiger charge is -2.11. The van der Waals surface area contributed by atoms with Crippen molar-refractivity contribution in [3.05, 3.63) is 64.2 Å². The Morgan fingerprint density at radius 3 is 2.62 bits per heavy atom. The third-order valence-electron chi connectivity index (χ3n) is 4.00. The van der Waals surface area contributed by atoms with Crippen molar-refractivity contribution in [3.8, 4) is 23.6 Å². The maximum Gasteiger partial charge on any atom is 0.224 e. The van der Waals surface area contributed by atoms with Gasteiger partial charge in [0.15, 0.2) is 5.82 Å². The van der Waals surface area contributed by atoms with Gasteiger partial charge in [0.25, 0.3) is 0 Å². The third-order valence-corrected chi connectivity index (χ3v) is 4.46. The molecule has 2 heterocycles. The predicted molar refractivity (Wildman–Crippen MR) is 98.1 cm³/mol. The van der Waals surface area contributed by atoms with Gasteiger partial charge in [-0.2, -0.15) is 0 Å². The van der Waals surface area contributed by atoms with Crippen molar-refractivity contribution in [2.24, 2.45) is 0 Å². The van der Waals surface area contributed by atoms with E-state index in [0.717, 1.165) is 0 Å². The summed E-state index contributed by atoms with van der Waals surface area (Å²) >= 11 is 11.8. The number of fused-ring (bicyclic) bond motifs is 2. The number of hydrogen-bond donors (Lipinski definition) is 0. The van der Waals surface area contributed by atoms with E-state index < -0.39 is 11.6 Å². The lowest BCUT2D eigenvalue weighted by Crippen LogP contribution is -1.98. The molecule has 0 N–H and O–H groups in total. The molecular weight excluding hydrogens is 379 g/mol. The Hall–Kier alpha value is -2.81. The van der Waals surface area contributed by atoms with Gasteiger partial charge in [-0.3, -0.25) is 4.98 Å². The Balaban J connectivity index is 2.13. The van der Waals surface area contributed by atoms with Gasteiger partial charge in [-0.15, -0.1) is 6.42 Å². The number of benzene rings is 2. The van der Waals surface area contributed by atoms with Gasteiger partial charge in [-0.25, -0.2) is 18.7 Å². The molecule has 2 aromatic heterocycles. The second-order valence-corrected chi connectivity index (χ2v) is 6.13. The number of hydrogen-bond acceptors (Lipinski definition) is 3. The molecule has 0 aliphatic heterocycles. The Morgan fingerprint density at radius 1 is 1.04 bits per heavy atom. The van der Waals surface area contributed by atoms with E-state index in [9.17, 15) is 4.39 Å². The molecule has 0 saturated heterocycles. The monoisotopic (exact) mass is 385 g/mol. The van der Waals surface area contributed by atoms with Crippen molar-refractivity contribution < 1.29 is 8.78 Å². The van der Waals surface area contributed by atoms with Crippen molar-refractivity contribution in [1.29, 1.82) is 0 Å². The molecule has 7 heteroatoms. The SMILES string of the molecule is C#Cc1c(F)ccc2cccc(-c3ncc4c(Cl)nc(Cl)nc4c3F)c12. The van der Waals surface area contributed by atoms with E-state index in [1.165, 1.54) is 12.3 Å². The summed E-state index contributed by atoms with van der Waals surface area (Å²) in [4.78, 5) is 11.8. The zero-order chi connectivity index (χ0) is 18.4. The molecule has 4 rings (SSSR count). The van der Waals surface area contributed by atoms with Crippen LogP contribution in [0, 0.1) is 24.0 Å². The summed E-state index contributed by atoms with van der Waals surface area (Å²) in [7, 11) is 0. The van der Waals surface area contributed by atoms with Crippen LogP contribution in [0.1, 0.15) is 5.56 Å². The van der Waals surface area contributed by atoms with Crippen LogP contribution in [-0.4, -0.2) is 15.0 Å². The first-order valence-electron chi connectivity index (χ1n) is 7.36. The zero-order valence-electron chi connectivity index (χ0n) is 12.9. The van der Waals surface area contributed by atoms with E-state index >= 15 is 4.39 Å². The van der Waals surface area contributed by atoms with Crippen molar-refractivity contribution >= 4 is 44.9 Å². The van der Waals surface area contributed by atoms with Gasteiger partial charge in [0, 0.05) is 17.1 Å². The van der Waals surface area contributed by atoms with Gasteiger partial charge in [-0.05, 0) is 23.1 Å². The van der Waals surface area contributed by atoms with E-state index in [-0.39, 0.29) is 32.6 Å². The van der Waals surface area contributed by atoms with E-state index in [4.69, 9.17) is 29.6 Å². The molecule has 0 fully saturated rings. The van der Waals surface area contributed by atoms with Crippen LogP contribution in [0.3, 0.4) is 0 Å². The molecule has 0 bridgehead atoms. The lowest BCUT2D eigenvalue weighted by molar-refractivity contribution is 0.626. The molecule has 26 heavy (non-hydrogen) atoms. The molecule has 0 atom stereocenters. The first-order chi connectivity index (χ1) is 12.5. The molecule has 3 nitrogen and oxygen atoms in total. The molecule has 0 aliphatic carbocycles. The van der Waals surface area contributed by atoms with Crippen LogP contribution in [-0.2, 0) is 0 Å². The standard InChI is InChI=1S/C19H7Cl2F2N3/c1-2-10-13(22)7-6-9-4-3-5-11(14(9)10)16-15(23)17-12(8-24-16)18(20)26-19(21)25-17/h1,3-8H. The minimum Gasteiger partial charge on any atom is -0.252 e. The van der Waals surface area contributed by atoms with Crippen LogP contribution in [0.5, 0.6) is 0 Å². The van der Waals surface area contributed by atoms with Crippen molar-refractivity contribution in [2.45, 2.75) is 0 Å². The van der Waals surface area contributed by atoms with Gasteiger partial charge >= 0.3 is 0 Å². The zero-order valence-corrected chi connectivity index (χ0v) is 14.4. The topological polar surface area (TPSA) is 38.7 Å². The van der Waals surface area contributed by atoms with Crippen LogP contribution < -0.4 is 0 Å². The number of pyridine rings is 1. The summed E-state index contributed by atoms with van der Waals surface area (Å²) in [5.41, 5.74) is 0.282. The van der Waals surface area contributed by atoms with E-state index in [2.05, 4.69) is 20.9 Å². The maximum atomic E-state index is 15.2. The number of terminal acetylenes is 1. The molecule has 0 radical (unpaired) electrons. The first kappa shape index (κ1) is 16.6. The highest BCUT2D eigenvalue weighted by atomic mass is 35.5. The Kier molecular flexibility index (Phi) is 3.95. The van der Waals surface area contributed by atoms with Crippen LogP contribution in [0.2, 0.25) is 10.4 Å². The molecule has 4 aromatic rings. The number of rotatable bonds is 1. The van der Waals surface area contributed by atoms with E-state index in [1.807, 2.05) is 0 Å². The fraction of sp³-hybridized carbons (Fsp3) is 0. The van der Waals surface area contributed by atoms with Gasteiger partial charge in [0.1, 0.15) is 22.2 Å². The van der Waals surface area contributed by atoms with Gasteiger partial charge in [0.2, 0.25) is 5.28 Å². The van der Waals surface area contributed by atoms with Crippen molar-refractivity contribution in [1.82, 2.24) is 15.0 Å². The maximum absolute atomic E-state index is 15.2. The van der Waals surface area contributed by atoms with Crippen LogP contribution in [0.25, 0.3) is 32.9 Å². The largest absolute Gasteiger partial charge is 0.252 e. The van der Waals surface area contributed by atoms with Crippen LogP contribution in [0.15, 0.2) is 36.5 Å². The molecular formula is C19H7Cl2F2N3.